The zero-order valence-electron chi connectivity index (χ0n) is 12.2. The summed E-state index contributed by atoms with van der Waals surface area (Å²) in [6.07, 6.45) is 2.89. The van der Waals surface area contributed by atoms with Gasteiger partial charge in [-0.05, 0) is 51.4 Å². The molecule has 1 fully saturated rings. The first kappa shape index (κ1) is 15.4. The van der Waals surface area contributed by atoms with E-state index in [1.807, 2.05) is 13.8 Å². The van der Waals surface area contributed by atoms with Crippen molar-refractivity contribution in [2.45, 2.75) is 51.2 Å². The molecule has 1 aromatic carbocycles. The minimum absolute atomic E-state index is 0.132. The summed E-state index contributed by atoms with van der Waals surface area (Å²) in [6.45, 7) is 5.85. The average Bonchev–Trinajstić information content (AvgIpc) is 2.44. The maximum atomic E-state index is 13.7. The highest BCUT2D eigenvalue weighted by molar-refractivity contribution is 5.20. The van der Waals surface area contributed by atoms with Crippen molar-refractivity contribution >= 4 is 0 Å². The van der Waals surface area contributed by atoms with E-state index in [0.29, 0.717) is 0 Å². The maximum Gasteiger partial charge on any atom is 0.162 e. The third-order valence-electron chi connectivity index (χ3n) is 4.43. The van der Waals surface area contributed by atoms with Crippen LogP contribution in [0.5, 0.6) is 0 Å². The minimum atomic E-state index is -0.856. The predicted octanol–water partition coefficient (Wildman–Crippen LogP) is 3.13. The number of hydrogen-bond donors (Lipinski definition) is 1. The Balaban J connectivity index is 2.09. The maximum absolute atomic E-state index is 13.7. The van der Waals surface area contributed by atoms with Gasteiger partial charge in [0.05, 0.1) is 6.10 Å². The second-order valence-corrected chi connectivity index (χ2v) is 6.13. The van der Waals surface area contributed by atoms with E-state index in [1.54, 1.807) is 0 Å². The van der Waals surface area contributed by atoms with Crippen LogP contribution in [0.1, 0.15) is 38.7 Å². The Kier molecular flexibility index (Phi) is 4.76. The largest absolute Gasteiger partial charge is 0.391 e. The van der Waals surface area contributed by atoms with Gasteiger partial charge in [0.2, 0.25) is 0 Å². The summed E-state index contributed by atoms with van der Waals surface area (Å²) < 4.78 is 26.9. The first-order valence-electron chi connectivity index (χ1n) is 7.29. The van der Waals surface area contributed by atoms with E-state index in [1.165, 1.54) is 18.6 Å². The van der Waals surface area contributed by atoms with E-state index >= 15 is 0 Å². The lowest BCUT2D eigenvalue weighted by molar-refractivity contribution is -0.0190. The summed E-state index contributed by atoms with van der Waals surface area (Å²) >= 11 is 0. The molecule has 0 saturated carbocycles. The number of rotatable bonds is 4. The number of benzene rings is 1. The molecule has 4 heteroatoms. The van der Waals surface area contributed by atoms with Crippen molar-refractivity contribution in [2.75, 3.05) is 13.1 Å². The number of nitrogens with zero attached hydrogens (tertiary/aromatic N) is 1. The van der Waals surface area contributed by atoms with Crippen molar-refractivity contribution < 1.29 is 13.9 Å². The fraction of sp³-hybridized carbons (Fsp3) is 0.625. The van der Waals surface area contributed by atoms with Gasteiger partial charge in [0.1, 0.15) is 0 Å². The molecule has 1 aliphatic heterocycles. The van der Waals surface area contributed by atoms with Gasteiger partial charge in [0.15, 0.2) is 11.6 Å². The summed E-state index contributed by atoms with van der Waals surface area (Å²) in [6, 6.07) is 4.11. The Hall–Kier alpha value is -1.00. The Labute approximate surface area is 119 Å². The Bertz CT molecular complexity index is 456. The number of aliphatic hydroxyl groups is 1. The molecule has 1 atom stereocenters. The lowest BCUT2D eigenvalue weighted by atomic mass is 9.88. The topological polar surface area (TPSA) is 23.5 Å². The molecule has 1 saturated heterocycles. The smallest absolute Gasteiger partial charge is 0.162 e. The molecular weight excluding hydrogens is 260 g/mol. The third kappa shape index (κ3) is 3.18. The van der Waals surface area contributed by atoms with E-state index in [4.69, 9.17) is 0 Å². The molecule has 0 aromatic heterocycles. The molecular formula is C16H23F2NO. The van der Waals surface area contributed by atoms with Crippen molar-refractivity contribution in [1.82, 2.24) is 4.90 Å². The molecule has 0 amide bonds. The quantitative estimate of drug-likeness (QED) is 0.917. The van der Waals surface area contributed by atoms with Gasteiger partial charge >= 0.3 is 0 Å². The van der Waals surface area contributed by atoms with Crippen LogP contribution in [0.4, 0.5) is 8.78 Å². The molecule has 1 aliphatic rings. The fourth-order valence-corrected chi connectivity index (χ4v) is 2.85. The molecule has 1 aromatic rings. The lowest BCUT2D eigenvalue weighted by Crippen LogP contribution is -2.54. The Morgan fingerprint density at radius 3 is 2.50 bits per heavy atom. The van der Waals surface area contributed by atoms with Crippen LogP contribution in [0.25, 0.3) is 0 Å². The van der Waals surface area contributed by atoms with Gasteiger partial charge in [-0.25, -0.2) is 8.78 Å². The standard InChI is InChI=1S/C16H23F2NO/c1-16(2,19-9-4-3-5-10-19)14(20)11-12-7-6-8-13(17)15(12)18/h6-8,14,20H,3-5,9-11H2,1-2H3. The minimum Gasteiger partial charge on any atom is -0.391 e. The Morgan fingerprint density at radius 1 is 1.20 bits per heavy atom. The summed E-state index contributed by atoms with van der Waals surface area (Å²) in [5, 5.41) is 10.5. The zero-order valence-corrected chi connectivity index (χ0v) is 12.2. The van der Waals surface area contributed by atoms with Gasteiger partial charge in [-0.3, -0.25) is 4.90 Å². The molecule has 112 valence electrons. The SMILES string of the molecule is CC(C)(C(O)Cc1cccc(F)c1F)N1CCCCC1. The average molecular weight is 283 g/mol. The van der Waals surface area contributed by atoms with Crippen molar-refractivity contribution in [3.63, 3.8) is 0 Å². The van der Waals surface area contributed by atoms with Crippen molar-refractivity contribution in [2.24, 2.45) is 0 Å². The third-order valence-corrected chi connectivity index (χ3v) is 4.43. The molecule has 1 N–H and O–H groups in total. The highest BCUT2D eigenvalue weighted by Crippen LogP contribution is 2.26. The van der Waals surface area contributed by atoms with E-state index in [-0.39, 0.29) is 12.0 Å². The summed E-state index contributed by atoms with van der Waals surface area (Å²) in [7, 11) is 0. The van der Waals surface area contributed by atoms with Gasteiger partial charge in [0, 0.05) is 12.0 Å². The number of piperidine rings is 1. The van der Waals surface area contributed by atoms with Gasteiger partial charge < -0.3 is 5.11 Å². The fourth-order valence-electron chi connectivity index (χ4n) is 2.85. The molecule has 1 unspecified atom stereocenters. The van der Waals surface area contributed by atoms with E-state index < -0.39 is 23.3 Å². The second-order valence-electron chi connectivity index (χ2n) is 6.13. The van der Waals surface area contributed by atoms with Gasteiger partial charge in [0.25, 0.3) is 0 Å². The highest BCUT2D eigenvalue weighted by atomic mass is 19.2. The highest BCUT2D eigenvalue weighted by Gasteiger charge is 2.35. The van der Waals surface area contributed by atoms with E-state index in [0.717, 1.165) is 32.0 Å². The van der Waals surface area contributed by atoms with Crippen LogP contribution in [0.2, 0.25) is 0 Å². The first-order chi connectivity index (χ1) is 9.43. The number of likely N-dealkylation sites (tertiary alicyclic amines) is 1. The van der Waals surface area contributed by atoms with E-state index in [9.17, 15) is 13.9 Å². The summed E-state index contributed by atoms with van der Waals surface area (Å²) in [5.41, 5.74) is -0.193. The molecule has 2 rings (SSSR count). The van der Waals surface area contributed by atoms with Crippen molar-refractivity contribution in [3.05, 3.63) is 35.4 Å². The van der Waals surface area contributed by atoms with E-state index in [2.05, 4.69) is 4.90 Å². The van der Waals surface area contributed by atoms with Crippen LogP contribution in [-0.2, 0) is 6.42 Å². The lowest BCUT2D eigenvalue weighted by Gasteiger charge is -2.44. The monoisotopic (exact) mass is 283 g/mol. The Morgan fingerprint density at radius 2 is 1.85 bits per heavy atom. The van der Waals surface area contributed by atoms with Gasteiger partial charge in [-0.2, -0.15) is 0 Å². The predicted molar refractivity (Wildman–Crippen MR) is 75.6 cm³/mol. The van der Waals surface area contributed by atoms with Crippen LogP contribution in [-0.4, -0.2) is 34.7 Å². The molecule has 2 nitrogen and oxygen atoms in total. The zero-order chi connectivity index (χ0) is 14.8. The van der Waals surface area contributed by atoms with Crippen LogP contribution >= 0.6 is 0 Å². The molecule has 1 heterocycles. The second kappa shape index (κ2) is 6.19. The van der Waals surface area contributed by atoms with Gasteiger partial charge in [-0.15, -0.1) is 0 Å². The first-order valence-corrected chi connectivity index (χ1v) is 7.29. The van der Waals surface area contributed by atoms with Crippen molar-refractivity contribution in [3.8, 4) is 0 Å². The summed E-state index contributed by atoms with van der Waals surface area (Å²) in [5.74, 6) is -1.70. The molecule has 20 heavy (non-hydrogen) atoms. The molecule has 0 spiro atoms. The molecule has 0 radical (unpaired) electrons. The van der Waals surface area contributed by atoms with Gasteiger partial charge in [-0.1, -0.05) is 18.6 Å². The molecule has 0 aliphatic carbocycles. The van der Waals surface area contributed by atoms with Crippen LogP contribution < -0.4 is 0 Å². The number of aliphatic hydroxyl groups excluding tert-OH is 1. The number of hydrogen-bond acceptors (Lipinski definition) is 2. The normalized spacial score (nSPS) is 19.1. The van der Waals surface area contributed by atoms with Crippen molar-refractivity contribution in [1.29, 1.82) is 0 Å². The molecule has 0 bridgehead atoms. The van der Waals surface area contributed by atoms with Crippen LogP contribution in [0.15, 0.2) is 18.2 Å². The van der Waals surface area contributed by atoms with Crippen LogP contribution in [0, 0.1) is 11.6 Å². The van der Waals surface area contributed by atoms with Crippen LogP contribution in [0.3, 0.4) is 0 Å². The number of halogens is 2. The summed E-state index contributed by atoms with van der Waals surface area (Å²) in [4.78, 5) is 2.25.